The number of rotatable bonds is 5. The van der Waals surface area contributed by atoms with Crippen LogP contribution in [0.25, 0.3) is 0 Å². The van der Waals surface area contributed by atoms with Crippen LogP contribution < -0.4 is 5.32 Å². The highest BCUT2D eigenvalue weighted by Crippen LogP contribution is 2.21. The van der Waals surface area contributed by atoms with Gasteiger partial charge in [0.1, 0.15) is 0 Å². The molecule has 0 atom stereocenters. The molecule has 0 radical (unpaired) electrons. The van der Waals surface area contributed by atoms with Gasteiger partial charge in [0.25, 0.3) is 0 Å². The van der Waals surface area contributed by atoms with Crippen molar-refractivity contribution in [3.8, 4) is 0 Å². The molecular weight excluding hydrogens is 267 g/mol. The summed E-state index contributed by atoms with van der Waals surface area (Å²) in [4.78, 5) is 2.23. The molecule has 2 nitrogen and oxygen atoms in total. The van der Waals surface area contributed by atoms with Crippen molar-refractivity contribution in [1.29, 1.82) is 0 Å². The van der Waals surface area contributed by atoms with Crippen molar-refractivity contribution in [1.82, 2.24) is 10.2 Å². The smallest absolute Gasteiger partial charge is 0.0452 e. The molecule has 1 N–H and O–H groups in total. The van der Waals surface area contributed by atoms with E-state index in [9.17, 15) is 0 Å². The molecule has 1 rings (SSSR count). The highest BCUT2D eigenvalue weighted by molar-refractivity contribution is 6.33. The molecule has 0 aromatic heterocycles. The third-order valence-corrected chi connectivity index (χ3v) is 3.20. The SMILES string of the molecule is CN(CCNC(C)(C)C)Cc1cc(Cl)ccc1Cl. The Morgan fingerprint density at radius 1 is 1.22 bits per heavy atom. The second-order valence-electron chi connectivity index (χ2n) is 5.65. The van der Waals surface area contributed by atoms with Gasteiger partial charge in [0.15, 0.2) is 0 Å². The zero-order valence-electron chi connectivity index (χ0n) is 11.6. The highest BCUT2D eigenvalue weighted by Gasteiger charge is 2.09. The van der Waals surface area contributed by atoms with E-state index in [0.717, 1.165) is 35.2 Å². The number of likely N-dealkylation sites (N-methyl/N-ethyl adjacent to an activating group) is 1. The second kappa shape index (κ2) is 6.76. The van der Waals surface area contributed by atoms with Crippen molar-refractivity contribution in [3.63, 3.8) is 0 Å². The van der Waals surface area contributed by atoms with Crippen LogP contribution in [-0.2, 0) is 6.54 Å². The topological polar surface area (TPSA) is 15.3 Å². The maximum Gasteiger partial charge on any atom is 0.0452 e. The van der Waals surface area contributed by atoms with Crippen LogP contribution in [0.15, 0.2) is 18.2 Å². The summed E-state index contributed by atoms with van der Waals surface area (Å²) >= 11 is 12.1. The molecule has 0 unspecified atom stereocenters. The summed E-state index contributed by atoms with van der Waals surface area (Å²) in [5, 5.41) is 4.97. The Morgan fingerprint density at radius 2 is 1.89 bits per heavy atom. The van der Waals surface area contributed by atoms with Crippen molar-refractivity contribution in [2.45, 2.75) is 32.9 Å². The van der Waals surface area contributed by atoms with E-state index in [1.54, 1.807) is 0 Å². The van der Waals surface area contributed by atoms with E-state index in [4.69, 9.17) is 23.2 Å². The third-order valence-electron chi connectivity index (χ3n) is 2.60. The Bertz CT molecular complexity index is 386. The first kappa shape index (κ1) is 15.8. The standard InChI is InChI=1S/C14H22Cl2N2/c1-14(2,3)17-7-8-18(4)10-11-9-12(15)5-6-13(11)16/h5-6,9,17H,7-8,10H2,1-4H3. The van der Waals surface area contributed by atoms with Crippen molar-refractivity contribution < 1.29 is 0 Å². The first-order valence-electron chi connectivity index (χ1n) is 6.15. The normalized spacial score (nSPS) is 12.2. The molecule has 0 saturated heterocycles. The fourth-order valence-corrected chi connectivity index (χ4v) is 2.03. The Kier molecular flexibility index (Phi) is 5.93. The van der Waals surface area contributed by atoms with Gasteiger partial charge >= 0.3 is 0 Å². The maximum atomic E-state index is 6.15. The van der Waals surface area contributed by atoms with Crippen LogP contribution in [0.1, 0.15) is 26.3 Å². The average Bonchev–Trinajstić information content (AvgIpc) is 2.21. The van der Waals surface area contributed by atoms with Gasteiger partial charge in [-0.3, -0.25) is 0 Å². The summed E-state index contributed by atoms with van der Waals surface area (Å²) in [6.45, 7) is 9.24. The van der Waals surface area contributed by atoms with Gasteiger partial charge in [-0.2, -0.15) is 0 Å². The highest BCUT2D eigenvalue weighted by atomic mass is 35.5. The average molecular weight is 289 g/mol. The van der Waals surface area contributed by atoms with Crippen molar-refractivity contribution in [2.24, 2.45) is 0 Å². The minimum absolute atomic E-state index is 0.161. The van der Waals surface area contributed by atoms with Crippen LogP contribution >= 0.6 is 23.2 Å². The van der Waals surface area contributed by atoms with Crippen molar-refractivity contribution >= 4 is 23.2 Å². The van der Waals surface area contributed by atoms with Crippen LogP contribution in [-0.4, -0.2) is 30.6 Å². The van der Waals surface area contributed by atoms with Gasteiger partial charge in [-0.25, -0.2) is 0 Å². The maximum absolute atomic E-state index is 6.15. The summed E-state index contributed by atoms with van der Waals surface area (Å²) in [6.07, 6.45) is 0. The number of benzene rings is 1. The first-order valence-corrected chi connectivity index (χ1v) is 6.91. The van der Waals surface area contributed by atoms with Gasteiger partial charge in [-0.05, 0) is 51.6 Å². The summed E-state index contributed by atoms with van der Waals surface area (Å²) in [5.74, 6) is 0. The number of halogens is 2. The summed E-state index contributed by atoms with van der Waals surface area (Å²) < 4.78 is 0. The lowest BCUT2D eigenvalue weighted by molar-refractivity contribution is 0.303. The van der Waals surface area contributed by atoms with Crippen LogP contribution in [0.5, 0.6) is 0 Å². The van der Waals surface area contributed by atoms with Crippen LogP contribution in [0.3, 0.4) is 0 Å². The van der Waals surface area contributed by atoms with Crippen LogP contribution in [0, 0.1) is 0 Å². The summed E-state index contributed by atoms with van der Waals surface area (Å²) in [7, 11) is 2.08. The van der Waals surface area contributed by atoms with E-state index in [2.05, 4.69) is 38.0 Å². The fourth-order valence-electron chi connectivity index (χ4n) is 1.66. The zero-order chi connectivity index (χ0) is 13.8. The van der Waals surface area contributed by atoms with E-state index in [-0.39, 0.29) is 5.54 Å². The van der Waals surface area contributed by atoms with E-state index >= 15 is 0 Å². The van der Waals surface area contributed by atoms with Gasteiger partial charge < -0.3 is 10.2 Å². The van der Waals surface area contributed by atoms with E-state index in [1.807, 2.05) is 18.2 Å². The number of nitrogens with zero attached hydrogens (tertiary/aromatic N) is 1. The fraction of sp³-hybridized carbons (Fsp3) is 0.571. The molecule has 0 aliphatic rings. The van der Waals surface area contributed by atoms with E-state index in [1.165, 1.54) is 0 Å². The summed E-state index contributed by atoms with van der Waals surface area (Å²) in [6, 6.07) is 5.59. The summed E-state index contributed by atoms with van der Waals surface area (Å²) in [5.41, 5.74) is 1.23. The number of nitrogens with one attached hydrogen (secondary N) is 1. The quantitative estimate of drug-likeness (QED) is 0.886. The molecule has 18 heavy (non-hydrogen) atoms. The molecular formula is C14H22Cl2N2. The molecule has 1 aromatic carbocycles. The predicted octanol–water partition coefficient (Wildman–Crippen LogP) is 3.81. The molecule has 1 aromatic rings. The molecule has 0 aliphatic carbocycles. The zero-order valence-corrected chi connectivity index (χ0v) is 13.1. The second-order valence-corrected chi connectivity index (χ2v) is 6.49. The molecule has 0 heterocycles. The molecule has 0 amide bonds. The van der Waals surface area contributed by atoms with Crippen LogP contribution in [0.4, 0.5) is 0 Å². The molecule has 102 valence electrons. The minimum atomic E-state index is 0.161. The first-order chi connectivity index (χ1) is 8.28. The Labute approximate surface area is 120 Å². The number of hydrogen-bond donors (Lipinski definition) is 1. The Balaban J connectivity index is 2.44. The Morgan fingerprint density at radius 3 is 2.50 bits per heavy atom. The van der Waals surface area contributed by atoms with Crippen molar-refractivity contribution in [2.75, 3.05) is 20.1 Å². The molecule has 4 heteroatoms. The largest absolute Gasteiger partial charge is 0.311 e. The molecule has 0 saturated carbocycles. The molecule has 0 spiro atoms. The molecule has 0 fully saturated rings. The lowest BCUT2D eigenvalue weighted by Crippen LogP contribution is -2.40. The van der Waals surface area contributed by atoms with E-state index < -0.39 is 0 Å². The van der Waals surface area contributed by atoms with Crippen molar-refractivity contribution in [3.05, 3.63) is 33.8 Å². The Hall–Kier alpha value is -0.280. The number of hydrogen-bond acceptors (Lipinski definition) is 2. The predicted molar refractivity (Wildman–Crippen MR) is 80.6 cm³/mol. The van der Waals surface area contributed by atoms with Crippen LogP contribution in [0.2, 0.25) is 10.0 Å². The van der Waals surface area contributed by atoms with Gasteiger partial charge in [0, 0.05) is 35.2 Å². The molecule has 0 bridgehead atoms. The van der Waals surface area contributed by atoms with Gasteiger partial charge in [-0.15, -0.1) is 0 Å². The third kappa shape index (κ3) is 6.05. The lowest BCUT2D eigenvalue weighted by Gasteiger charge is -2.23. The van der Waals surface area contributed by atoms with Gasteiger partial charge in [0.05, 0.1) is 0 Å². The van der Waals surface area contributed by atoms with E-state index in [0.29, 0.717) is 0 Å². The van der Waals surface area contributed by atoms with Gasteiger partial charge in [-0.1, -0.05) is 23.2 Å². The monoisotopic (exact) mass is 288 g/mol. The van der Waals surface area contributed by atoms with Gasteiger partial charge in [0.2, 0.25) is 0 Å². The lowest BCUT2D eigenvalue weighted by atomic mass is 10.1. The minimum Gasteiger partial charge on any atom is -0.311 e. The molecule has 0 aliphatic heterocycles.